The first-order chi connectivity index (χ1) is 18.9. The first-order valence-electron chi connectivity index (χ1n) is 13.6. The van der Waals surface area contributed by atoms with Gasteiger partial charge in [0.25, 0.3) is 17.6 Å². The normalized spacial score (nSPS) is 22.7. The van der Waals surface area contributed by atoms with Gasteiger partial charge in [0.1, 0.15) is 11.5 Å². The van der Waals surface area contributed by atoms with Crippen molar-refractivity contribution in [2.75, 3.05) is 57.9 Å². The van der Waals surface area contributed by atoms with E-state index in [1.54, 1.807) is 41.3 Å². The number of rotatable bonds is 9. The smallest absolute Gasteiger partial charge is 0.296 e. The van der Waals surface area contributed by atoms with Crippen molar-refractivity contribution in [3.63, 3.8) is 0 Å². The maximum absolute atomic E-state index is 14.5. The second kappa shape index (κ2) is 11.2. The lowest BCUT2D eigenvalue weighted by Gasteiger charge is -2.35. The molecule has 206 valence electrons. The van der Waals surface area contributed by atoms with Gasteiger partial charge in [-0.25, -0.2) is 0 Å². The van der Waals surface area contributed by atoms with Crippen molar-refractivity contribution in [3.05, 3.63) is 65.2 Å². The van der Waals surface area contributed by atoms with Gasteiger partial charge in [-0.15, -0.1) is 0 Å². The van der Waals surface area contributed by atoms with Gasteiger partial charge >= 0.3 is 0 Å². The number of ether oxygens (including phenoxy) is 2. The molecule has 0 radical (unpaired) electrons. The van der Waals surface area contributed by atoms with Gasteiger partial charge in [0.2, 0.25) is 0 Å². The van der Waals surface area contributed by atoms with Gasteiger partial charge in [-0.2, -0.15) is 0 Å². The number of hydrogen-bond acceptors (Lipinski definition) is 7. The second-order valence-corrected chi connectivity index (χ2v) is 10.1. The Kier molecular flexibility index (Phi) is 7.72. The van der Waals surface area contributed by atoms with E-state index in [4.69, 9.17) is 9.47 Å². The molecule has 5 rings (SSSR count). The fourth-order valence-electron chi connectivity index (χ4n) is 5.88. The summed E-state index contributed by atoms with van der Waals surface area (Å²) in [7, 11) is 1.54. The van der Waals surface area contributed by atoms with Crippen LogP contribution in [0.5, 0.6) is 5.75 Å². The number of unbranched alkanes of at least 4 members (excludes halogenated alkanes) is 1. The Hall–Kier alpha value is -3.69. The number of Topliss-reactive ketones (excluding diaryl/α,β-unsaturated/α-hetero) is 1. The molecule has 9 nitrogen and oxygen atoms in total. The average Bonchev–Trinajstić information content (AvgIpc) is 3.35. The van der Waals surface area contributed by atoms with Crippen molar-refractivity contribution in [2.45, 2.75) is 31.7 Å². The van der Waals surface area contributed by atoms with E-state index in [0.29, 0.717) is 55.3 Å². The van der Waals surface area contributed by atoms with Crippen molar-refractivity contribution < 1.29 is 29.0 Å². The highest BCUT2D eigenvalue weighted by Gasteiger charge is 2.66. The number of carbonyl (C=O) groups excluding carboxylic acids is 3. The summed E-state index contributed by atoms with van der Waals surface area (Å²) in [5, 5.41) is 11.6. The van der Waals surface area contributed by atoms with Crippen molar-refractivity contribution in [1.82, 2.24) is 9.80 Å². The highest BCUT2D eigenvalue weighted by atomic mass is 16.5. The van der Waals surface area contributed by atoms with Crippen LogP contribution in [-0.4, -0.2) is 85.6 Å². The highest BCUT2D eigenvalue weighted by Crippen LogP contribution is 2.53. The van der Waals surface area contributed by atoms with Crippen LogP contribution in [0.15, 0.2) is 54.1 Å². The third-order valence-electron chi connectivity index (χ3n) is 7.87. The fraction of sp³-hybridized carbons (Fsp3) is 0.433. The predicted octanol–water partition coefficient (Wildman–Crippen LogP) is 3.14. The first-order valence-corrected chi connectivity index (χ1v) is 13.6. The number of ketones is 1. The van der Waals surface area contributed by atoms with Crippen molar-refractivity contribution in [3.8, 4) is 5.75 Å². The maximum Gasteiger partial charge on any atom is 0.296 e. The van der Waals surface area contributed by atoms with Gasteiger partial charge in [-0.1, -0.05) is 31.5 Å². The molecule has 2 saturated heterocycles. The molecule has 3 aliphatic rings. The largest absolute Gasteiger partial charge is 0.507 e. The SMILES string of the molecule is CCCCN1C(=O)C2(/C(=C(\O)c3ccc(OC)cc3)C(=O)C(=O)N2CCCN2CCOCC2)c2ccccc21. The number of benzene rings is 2. The van der Waals surface area contributed by atoms with Crippen LogP contribution < -0.4 is 9.64 Å². The van der Waals surface area contributed by atoms with Crippen LogP contribution in [0.4, 0.5) is 5.69 Å². The van der Waals surface area contributed by atoms with Gasteiger partial charge < -0.3 is 24.4 Å². The van der Waals surface area contributed by atoms with E-state index in [1.165, 1.54) is 12.0 Å². The molecule has 0 bridgehead atoms. The molecule has 3 heterocycles. The zero-order valence-electron chi connectivity index (χ0n) is 22.5. The first kappa shape index (κ1) is 26.9. The molecule has 1 unspecified atom stereocenters. The molecule has 2 amide bonds. The summed E-state index contributed by atoms with van der Waals surface area (Å²) in [6.45, 7) is 6.32. The van der Waals surface area contributed by atoms with Crippen molar-refractivity contribution in [2.24, 2.45) is 0 Å². The van der Waals surface area contributed by atoms with E-state index >= 15 is 0 Å². The molecule has 39 heavy (non-hydrogen) atoms. The lowest BCUT2D eigenvalue weighted by molar-refractivity contribution is -0.143. The van der Waals surface area contributed by atoms with E-state index in [9.17, 15) is 19.5 Å². The number of aliphatic hydroxyl groups is 1. The minimum absolute atomic E-state index is 0.180. The zero-order chi connectivity index (χ0) is 27.6. The third-order valence-corrected chi connectivity index (χ3v) is 7.87. The van der Waals surface area contributed by atoms with Crippen molar-refractivity contribution in [1.29, 1.82) is 0 Å². The average molecular weight is 534 g/mol. The molecule has 1 N–H and O–H groups in total. The summed E-state index contributed by atoms with van der Waals surface area (Å²) in [4.78, 5) is 47.2. The molecule has 9 heteroatoms. The Morgan fingerprint density at radius 2 is 1.69 bits per heavy atom. The molecule has 3 aliphatic heterocycles. The molecular formula is C30H35N3O6. The Bertz CT molecular complexity index is 1280. The van der Waals surface area contributed by atoms with Crippen molar-refractivity contribution >= 4 is 29.0 Å². The van der Waals surface area contributed by atoms with Crippen LogP contribution in [-0.2, 0) is 24.7 Å². The summed E-state index contributed by atoms with van der Waals surface area (Å²) < 4.78 is 10.7. The monoisotopic (exact) mass is 533 g/mol. The van der Waals surface area contributed by atoms with E-state index in [-0.39, 0.29) is 23.8 Å². The lowest BCUT2D eigenvalue weighted by atomic mass is 9.82. The molecule has 2 fully saturated rings. The summed E-state index contributed by atoms with van der Waals surface area (Å²) >= 11 is 0. The molecule has 1 atom stereocenters. The van der Waals surface area contributed by atoms with Gasteiger partial charge in [0.05, 0.1) is 31.6 Å². The molecule has 1 spiro atoms. The molecule has 0 aliphatic carbocycles. The number of aliphatic hydroxyl groups excluding tert-OH is 1. The lowest BCUT2D eigenvalue weighted by Crippen LogP contribution is -2.52. The Balaban J connectivity index is 1.63. The number of fused-ring (bicyclic) bond motifs is 2. The van der Waals surface area contributed by atoms with Crippen LogP contribution >= 0.6 is 0 Å². The number of morpholine rings is 1. The minimum atomic E-state index is -1.73. The van der Waals surface area contributed by atoms with Gasteiger partial charge in [0.15, 0.2) is 5.54 Å². The number of para-hydroxylation sites is 1. The maximum atomic E-state index is 14.5. The van der Waals surface area contributed by atoms with Crippen LogP contribution in [0.25, 0.3) is 5.76 Å². The van der Waals surface area contributed by atoms with Crippen LogP contribution in [0.1, 0.15) is 37.3 Å². The number of nitrogens with zero attached hydrogens (tertiary/aromatic N) is 3. The Morgan fingerprint density at radius 1 is 0.974 bits per heavy atom. The van der Waals surface area contributed by atoms with Gasteiger partial charge in [-0.3, -0.25) is 19.3 Å². The van der Waals surface area contributed by atoms with Crippen LogP contribution in [0.2, 0.25) is 0 Å². The molecule has 0 saturated carbocycles. The van der Waals surface area contributed by atoms with E-state index in [1.807, 2.05) is 19.1 Å². The topological polar surface area (TPSA) is 99.6 Å². The molecular weight excluding hydrogens is 498 g/mol. The summed E-state index contributed by atoms with van der Waals surface area (Å²) in [5.41, 5.74) is -0.365. The zero-order valence-corrected chi connectivity index (χ0v) is 22.5. The standard InChI is InChI=1S/C30H35N3O6/c1-3-4-15-32-24-9-6-5-8-23(24)30(29(32)37)25(26(34)21-10-12-22(38-2)13-11-21)27(35)28(36)33(30)16-7-14-31-17-19-39-20-18-31/h5-6,8-13,34H,3-4,7,14-20H2,1-2H3/b26-25-. The number of methoxy groups -OCH3 is 1. The number of hydrogen-bond donors (Lipinski definition) is 1. The number of anilines is 1. The minimum Gasteiger partial charge on any atom is -0.507 e. The molecule has 0 aromatic heterocycles. The molecule has 2 aromatic rings. The van der Waals surface area contributed by atoms with Gasteiger partial charge in [0, 0.05) is 43.9 Å². The van der Waals surface area contributed by atoms with E-state index < -0.39 is 17.2 Å². The van der Waals surface area contributed by atoms with E-state index in [2.05, 4.69) is 4.90 Å². The summed E-state index contributed by atoms with van der Waals surface area (Å²) in [6.07, 6.45) is 2.21. The second-order valence-electron chi connectivity index (χ2n) is 10.1. The van der Waals surface area contributed by atoms with Gasteiger partial charge in [-0.05, 0) is 43.2 Å². The number of amides is 2. The summed E-state index contributed by atoms with van der Waals surface area (Å²) in [6, 6.07) is 13.9. The predicted molar refractivity (Wildman–Crippen MR) is 147 cm³/mol. The Labute approximate surface area is 228 Å². The molecule has 2 aromatic carbocycles. The Morgan fingerprint density at radius 3 is 2.38 bits per heavy atom. The number of likely N-dealkylation sites (tertiary alicyclic amines) is 1. The quantitative estimate of drug-likeness (QED) is 0.300. The van der Waals surface area contributed by atoms with Crippen LogP contribution in [0, 0.1) is 0 Å². The van der Waals surface area contributed by atoms with E-state index in [0.717, 1.165) is 25.9 Å². The number of carbonyl (C=O) groups is 3. The third kappa shape index (κ3) is 4.49. The fourth-order valence-corrected chi connectivity index (χ4v) is 5.88. The highest BCUT2D eigenvalue weighted by molar-refractivity contribution is 6.50. The van der Waals surface area contributed by atoms with Crippen LogP contribution in [0.3, 0.4) is 0 Å². The summed E-state index contributed by atoms with van der Waals surface area (Å²) in [5.74, 6) is -1.79.